The van der Waals surface area contributed by atoms with Gasteiger partial charge in [0.25, 0.3) is 0 Å². The molecule has 5 unspecified atom stereocenters. The van der Waals surface area contributed by atoms with Crippen LogP contribution in [0.5, 0.6) is 0 Å². The van der Waals surface area contributed by atoms with E-state index in [9.17, 15) is 34.2 Å². The molecule has 15 nitrogen and oxygen atoms in total. The summed E-state index contributed by atoms with van der Waals surface area (Å²) >= 11 is 0. The highest BCUT2D eigenvalue weighted by Crippen LogP contribution is 2.21. The third-order valence-electron chi connectivity index (χ3n) is 5.00. The van der Waals surface area contributed by atoms with E-state index in [4.69, 9.17) is 32.4 Å². The van der Waals surface area contributed by atoms with Crippen molar-refractivity contribution in [3.8, 4) is 0 Å². The van der Waals surface area contributed by atoms with Crippen LogP contribution in [0.2, 0.25) is 0 Å². The Morgan fingerprint density at radius 1 is 0.611 bits per heavy atom. The molecule has 0 aromatic heterocycles. The van der Waals surface area contributed by atoms with Crippen LogP contribution in [-0.4, -0.2) is 154 Å². The third kappa shape index (κ3) is 55.8. The molecule has 0 spiro atoms. The van der Waals surface area contributed by atoms with Gasteiger partial charge in [-0.3, -0.25) is 0 Å². The normalized spacial score (nSPS) is 17.5. The van der Waals surface area contributed by atoms with Crippen LogP contribution in [0.25, 0.3) is 0 Å². The van der Waals surface area contributed by atoms with Crippen molar-refractivity contribution in [3.63, 3.8) is 0 Å². The van der Waals surface area contributed by atoms with Crippen molar-refractivity contribution in [1.82, 2.24) is 14.8 Å². The Morgan fingerprint density at radius 3 is 1.19 bits per heavy atom. The topological polar surface area (TPSA) is 230 Å². The molecule has 0 rings (SSSR count). The van der Waals surface area contributed by atoms with Crippen LogP contribution >= 0.6 is 0 Å². The maximum atomic E-state index is 12.0. The van der Waals surface area contributed by atoms with Crippen molar-refractivity contribution in [2.45, 2.75) is 124 Å². The van der Waals surface area contributed by atoms with Gasteiger partial charge >= 0.3 is 5.51 Å². The zero-order valence-electron chi connectivity index (χ0n) is 34.1. The van der Waals surface area contributed by atoms with Gasteiger partial charge in [0.05, 0.1) is 79.0 Å². The monoisotopic (exact) mass is 895 g/mol. The molecule has 0 heterocycles. The summed E-state index contributed by atoms with van der Waals surface area (Å²) in [6, 6.07) is 0.307. The minimum absolute atomic E-state index is 0.0662. The van der Waals surface area contributed by atoms with Gasteiger partial charge in [-0.15, -0.1) is 0 Å². The zero-order chi connectivity index (χ0) is 44.6. The Morgan fingerprint density at radius 2 is 0.944 bits per heavy atom. The van der Waals surface area contributed by atoms with Crippen LogP contribution in [0.15, 0.2) is 0 Å². The molecule has 334 valence electrons. The standard InChI is InChI=1S/C8H19NO2S.C7H14F3NO2S.C6H15NO3S.C6H14O3S.C4H10O2S/c1-7(2)9-8(3,4)6-12(5,10)11;1-6(2)13-5-4-11-14(3,12)7(8,9)10;1-6(2)10-5-4-7-11(3,8)9;1-6(2)9-4-5-10(3,7)8;1-4(2)7(3,5)6/h7,9H,5-6H2,1-4H3,(H,10,11);6H,3-5H2,1-2H3,(H,11,12);6H,3-5H2,1-2H3,(H2,7,8,9);6H,3-5H2,1-2H3,(H,7,8);4H,3H2,1-2H3,(H,5,6). The molecule has 0 fully saturated rings. The lowest BCUT2D eigenvalue weighted by Gasteiger charge is -2.28. The minimum atomic E-state index is -4.81. The van der Waals surface area contributed by atoms with Crippen molar-refractivity contribution in [2.75, 3.05) is 44.4 Å². The molecule has 23 heteroatoms. The molecule has 0 amide bonds. The van der Waals surface area contributed by atoms with E-state index in [2.05, 4.69) is 39.4 Å². The summed E-state index contributed by atoms with van der Waals surface area (Å²) in [6.45, 7) is 23.2. The van der Waals surface area contributed by atoms with E-state index in [1.54, 1.807) is 27.7 Å². The van der Waals surface area contributed by atoms with Gasteiger partial charge in [0.15, 0.2) is 0 Å². The SMILES string of the molecule is C=S(=O)(NCCOC(C)C)C(F)(F)F.C=S(=O)(O)C(C)C.C=S(=O)(O)CC(C)(C)NC(C)C.C=S(=O)(O)CCOC(C)C.C=S(=O)(O)NCCOC(C)C. The predicted octanol–water partition coefficient (Wildman–Crippen LogP) is 3.40. The van der Waals surface area contributed by atoms with E-state index in [-0.39, 0.29) is 53.8 Å². The van der Waals surface area contributed by atoms with Gasteiger partial charge in [-0.1, -0.05) is 13.8 Å². The first-order valence-corrected chi connectivity index (χ1v) is 25.3. The molecule has 54 heavy (non-hydrogen) atoms. The maximum Gasteiger partial charge on any atom is 0.476 e. The summed E-state index contributed by atoms with van der Waals surface area (Å²) in [5.74, 6) is 15.2. The number of hydrogen-bond donors (Lipinski definition) is 7. The molecule has 0 aliphatic carbocycles. The molecule has 0 aromatic carbocycles. The maximum absolute atomic E-state index is 12.0. The lowest BCUT2D eigenvalue weighted by atomic mass is 10.1. The molecular formula is C31H72F3N3O12S5. The number of halogens is 3. The molecule has 0 aliphatic rings. The molecule has 0 saturated carbocycles. The highest BCUT2D eigenvalue weighted by Gasteiger charge is 2.39. The molecule has 0 bridgehead atoms. The Hall–Kier alpha value is -0.510. The third-order valence-corrected chi connectivity index (χ3v) is 10.5. The van der Waals surface area contributed by atoms with E-state index in [0.29, 0.717) is 25.8 Å². The Kier molecular flexibility index (Phi) is 33.5. The first kappa shape index (κ1) is 62.7. The van der Waals surface area contributed by atoms with Crippen LogP contribution in [0, 0.1) is 0 Å². The summed E-state index contributed by atoms with van der Waals surface area (Å²) in [5, 5.41) is 2.97. The van der Waals surface area contributed by atoms with Crippen LogP contribution in [0.1, 0.15) is 83.1 Å². The van der Waals surface area contributed by atoms with Crippen molar-refractivity contribution in [2.24, 2.45) is 0 Å². The number of alkyl halides is 3. The summed E-state index contributed by atoms with van der Waals surface area (Å²) in [5.41, 5.74) is -5.15. The molecule has 5 atom stereocenters. The minimum Gasteiger partial charge on any atom is -0.378 e. The second kappa shape index (κ2) is 28.8. The van der Waals surface area contributed by atoms with Gasteiger partial charge < -0.3 is 37.7 Å². The van der Waals surface area contributed by atoms with Gasteiger partial charge in [-0.25, -0.2) is 30.5 Å². The number of hydrogen-bond acceptors (Lipinski definition) is 9. The van der Waals surface area contributed by atoms with Crippen LogP contribution in [-0.2, 0) is 63.3 Å². The Balaban J connectivity index is -0.000000188. The Bertz CT molecular complexity index is 1510. The second-order valence-electron chi connectivity index (χ2n) is 13.6. The van der Waals surface area contributed by atoms with E-state index < -0.39 is 54.6 Å². The van der Waals surface area contributed by atoms with Gasteiger partial charge in [-0.05, 0) is 98.6 Å². The van der Waals surface area contributed by atoms with Crippen molar-refractivity contribution >= 4 is 78.5 Å². The average Bonchev–Trinajstić information content (AvgIpc) is 2.85. The smallest absolute Gasteiger partial charge is 0.378 e. The van der Waals surface area contributed by atoms with Crippen LogP contribution in [0.4, 0.5) is 13.2 Å². The van der Waals surface area contributed by atoms with Crippen molar-refractivity contribution < 1.29 is 66.6 Å². The van der Waals surface area contributed by atoms with E-state index in [1.165, 1.54) is 0 Å². The summed E-state index contributed by atoms with van der Waals surface area (Å²) in [6.07, 6.45) is 0.196. The number of rotatable bonds is 19. The van der Waals surface area contributed by atoms with Crippen LogP contribution < -0.4 is 14.8 Å². The summed E-state index contributed by atoms with van der Waals surface area (Å²) < 4.78 is 143. The van der Waals surface area contributed by atoms with E-state index in [0.717, 1.165) is 0 Å². The predicted molar refractivity (Wildman–Crippen MR) is 229 cm³/mol. The first-order valence-electron chi connectivity index (χ1n) is 16.4. The highest BCUT2D eigenvalue weighted by molar-refractivity contribution is 7.99. The lowest BCUT2D eigenvalue weighted by Crippen LogP contribution is -2.48. The average molecular weight is 896 g/mol. The zero-order valence-corrected chi connectivity index (χ0v) is 38.2. The quantitative estimate of drug-likeness (QED) is 0.0730. The number of nitrogens with one attached hydrogen (secondary N) is 3. The molecule has 7 N–H and O–H groups in total. The van der Waals surface area contributed by atoms with Gasteiger partial charge in [0, 0.05) is 29.9 Å². The molecular weight excluding hydrogens is 824 g/mol. The lowest BCUT2D eigenvalue weighted by molar-refractivity contribution is -0.0404. The Labute approximate surface area is 326 Å². The molecule has 0 radical (unpaired) electrons. The van der Waals surface area contributed by atoms with Crippen molar-refractivity contribution in [3.05, 3.63) is 0 Å². The van der Waals surface area contributed by atoms with E-state index in [1.807, 2.05) is 60.1 Å². The van der Waals surface area contributed by atoms with Crippen LogP contribution in [0.3, 0.4) is 0 Å². The summed E-state index contributed by atoms with van der Waals surface area (Å²) in [4.78, 5) is 0. The fraction of sp³-hybridized carbons (Fsp3) is 0.839. The highest BCUT2D eigenvalue weighted by atomic mass is 32.2. The first-order chi connectivity index (χ1) is 23.6. The largest absolute Gasteiger partial charge is 0.476 e. The molecule has 0 saturated heterocycles. The van der Waals surface area contributed by atoms with Gasteiger partial charge in [-0.2, -0.15) is 13.2 Å². The van der Waals surface area contributed by atoms with Gasteiger partial charge in [0.1, 0.15) is 19.7 Å². The number of ether oxygens (including phenoxy) is 3. The molecule has 0 aliphatic heterocycles. The second-order valence-corrected chi connectivity index (χ2v) is 23.4. The molecule has 0 aromatic rings. The van der Waals surface area contributed by atoms with Crippen molar-refractivity contribution in [1.29, 1.82) is 0 Å². The fourth-order valence-corrected chi connectivity index (χ4v) is 5.43. The fourth-order valence-electron chi connectivity index (χ4n) is 2.88. The van der Waals surface area contributed by atoms with Gasteiger partial charge in [0.2, 0.25) is 0 Å². The summed E-state index contributed by atoms with van der Waals surface area (Å²) in [7, 11) is -15.8. The van der Waals surface area contributed by atoms with E-state index >= 15 is 0 Å².